The molecular weight excluding hydrogens is 406 g/mol. The molecule has 2 amide bonds. The number of nitrogens with zero attached hydrogens (tertiary/aromatic N) is 2. The number of nitrogens with one attached hydrogen (secondary N) is 3. The number of amides is 2. The predicted molar refractivity (Wildman–Crippen MR) is 96.0 cm³/mol. The first-order valence-corrected chi connectivity index (χ1v) is 8.83. The van der Waals surface area contributed by atoms with Gasteiger partial charge in [0.05, 0.1) is 11.6 Å². The van der Waals surface area contributed by atoms with Crippen LogP contribution in [-0.4, -0.2) is 27.8 Å². The zero-order valence-corrected chi connectivity index (χ0v) is 15.2. The molecule has 3 aromatic rings. The molecule has 7 nitrogen and oxygen atoms in total. The molecule has 2 unspecified atom stereocenters. The molecule has 0 saturated heterocycles. The lowest BCUT2D eigenvalue weighted by molar-refractivity contribution is -0.137. The summed E-state index contributed by atoms with van der Waals surface area (Å²) in [6.07, 6.45) is -3.36. The maximum Gasteiger partial charge on any atom is 0.416 e. The number of rotatable bonds is 4. The number of hydrogen-bond donors (Lipinski definition) is 3. The fourth-order valence-electron chi connectivity index (χ4n) is 3.19. The third kappa shape index (κ3) is 4.04. The Hall–Kier alpha value is -3.63. The molecule has 0 bridgehead atoms. The summed E-state index contributed by atoms with van der Waals surface area (Å²) in [5, 5.41) is 11.5. The largest absolute Gasteiger partial charge is 0.491 e. The van der Waals surface area contributed by atoms with Gasteiger partial charge in [-0.3, -0.25) is 5.10 Å². The van der Waals surface area contributed by atoms with Crippen LogP contribution in [-0.2, 0) is 6.18 Å². The maximum atomic E-state index is 13.5. The Labute approximate surface area is 167 Å². The van der Waals surface area contributed by atoms with Gasteiger partial charge in [0.25, 0.3) is 0 Å². The van der Waals surface area contributed by atoms with Crippen LogP contribution in [0.3, 0.4) is 0 Å². The molecule has 156 valence electrons. The van der Waals surface area contributed by atoms with Crippen LogP contribution in [0.2, 0.25) is 0 Å². The highest BCUT2D eigenvalue weighted by molar-refractivity contribution is 5.75. The number of ether oxygens (including phenoxy) is 1. The third-order valence-corrected chi connectivity index (χ3v) is 4.59. The number of aromatic amines is 1. The van der Waals surface area contributed by atoms with Crippen molar-refractivity contribution in [1.82, 2.24) is 25.8 Å². The molecule has 0 radical (unpaired) electrons. The lowest BCUT2D eigenvalue weighted by Crippen LogP contribution is -2.41. The number of H-pyrrole nitrogens is 1. The fraction of sp³-hybridized carbons (Fsp3) is 0.211. The van der Waals surface area contributed by atoms with Crippen LogP contribution in [0.1, 0.15) is 34.6 Å². The van der Waals surface area contributed by atoms with Crippen molar-refractivity contribution in [2.75, 3.05) is 6.61 Å². The quantitative estimate of drug-likeness (QED) is 0.563. The van der Waals surface area contributed by atoms with Crippen LogP contribution in [0.15, 0.2) is 48.8 Å². The number of carbonyl (C=O) groups excluding carboxylic acids is 1. The van der Waals surface area contributed by atoms with E-state index in [1.807, 2.05) is 0 Å². The van der Waals surface area contributed by atoms with Gasteiger partial charge in [0.1, 0.15) is 30.5 Å². The van der Waals surface area contributed by atoms with Gasteiger partial charge in [0.2, 0.25) is 0 Å². The van der Waals surface area contributed by atoms with Crippen LogP contribution in [0.4, 0.5) is 22.4 Å². The van der Waals surface area contributed by atoms with E-state index in [-0.39, 0.29) is 18.0 Å². The van der Waals surface area contributed by atoms with Crippen LogP contribution in [0, 0.1) is 5.82 Å². The van der Waals surface area contributed by atoms with Crippen molar-refractivity contribution in [1.29, 1.82) is 0 Å². The van der Waals surface area contributed by atoms with Crippen molar-refractivity contribution < 1.29 is 27.1 Å². The molecular formula is C19H15F4N5O2. The molecule has 2 aromatic carbocycles. The molecule has 1 aliphatic rings. The highest BCUT2D eigenvalue weighted by atomic mass is 19.4. The standard InChI is InChI=1S/C19H15F4N5O2/c20-12-4-5-15-13(7-12)14(8-30-15)26-18(29)27-16(17-24-9-25-28-17)10-2-1-3-11(6-10)19(21,22)23/h1-7,9,14,16H,8H2,(H,24,25,28)(H2,26,27,29). The number of fused-ring (bicyclic) bond motifs is 1. The number of benzene rings is 2. The van der Waals surface area contributed by atoms with Crippen LogP contribution >= 0.6 is 0 Å². The minimum Gasteiger partial charge on any atom is -0.491 e. The molecule has 2 atom stereocenters. The Balaban J connectivity index is 1.56. The number of aromatic nitrogens is 3. The first-order valence-electron chi connectivity index (χ1n) is 8.83. The Morgan fingerprint density at radius 1 is 1.23 bits per heavy atom. The highest BCUT2D eigenvalue weighted by Crippen LogP contribution is 2.33. The Morgan fingerprint density at radius 2 is 2.07 bits per heavy atom. The van der Waals surface area contributed by atoms with Gasteiger partial charge in [-0.25, -0.2) is 14.2 Å². The molecule has 3 N–H and O–H groups in total. The lowest BCUT2D eigenvalue weighted by Gasteiger charge is -2.20. The maximum absolute atomic E-state index is 13.5. The van der Waals surface area contributed by atoms with Crippen molar-refractivity contribution in [3.63, 3.8) is 0 Å². The smallest absolute Gasteiger partial charge is 0.416 e. The Morgan fingerprint density at radius 3 is 2.80 bits per heavy atom. The minimum absolute atomic E-state index is 0.0999. The SMILES string of the molecule is O=C(NC1COc2ccc(F)cc21)NC(c1cccc(C(F)(F)F)c1)c1ncn[nH]1. The summed E-state index contributed by atoms with van der Waals surface area (Å²) in [7, 11) is 0. The molecule has 1 aromatic heterocycles. The monoisotopic (exact) mass is 421 g/mol. The number of alkyl halides is 3. The van der Waals surface area contributed by atoms with E-state index in [0.29, 0.717) is 11.3 Å². The minimum atomic E-state index is -4.54. The van der Waals surface area contributed by atoms with Gasteiger partial charge in [-0.2, -0.15) is 18.3 Å². The van der Waals surface area contributed by atoms with Gasteiger partial charge >= 0.3 is 12.2 Å². The van der Waals surface area contributed by atoms with E-state index in [4.69, 9.17) is 4.74 Å². The van der Waals surface area contributed by atoms with Gasteiger partial charge in [0, 0.05) is 5.56 Å². The summed E-state index contributed by atoms with van der Waals surface area (Å²) >= 11 is 0. The van der Waals surface area contributed by atoms with Crippen LogP contribution in [0.25, 0.3) is 0 Å². The van der Waals surface area contributed by atoms with Gasteiger partial charge in [-0.1, -0.05) is 12.1 Å². The lowest BCUT2D eigenvalue weighted by atomic mass is 10.0. The average molecular weight is 421 g/mol. The number of carbonyl (C=O) groups is 1. The van der Waals surface area contributed by atoms with Crippen molar-refractivity contribution in [2.45, 2.75) is 18.3 Å². The van der Waals surface area contributed by atoms with E-state index < -0.39 is 35.7 Å². The molecule has 0 spiro atoms. The molecule has 2 heterocycles. The first-order chi connectivity index (χ1) is 14.3. The number of hydrogen-bond acceptors (Lipinski definition) is 4. The van der Waals surface area contributed by atoms with Gasteiger partial charge < -0.3 is 15.4 Å². The molecule has 0 aliphatic carbocycles. The van der Waals surface area contributed by atoms with E-state index in [1.54, 1.807) is 0 Å². The van der Waals surface area contributed by atoms with E-state index in [2.05, 4.69) is 25.8 Å². The second kappa shape index (κ2) is 7.65. The third-order valence-electron chi connectivity index (χ3n) is 4.59. The van der Waals surface area contributed by atoms with Crippen LogP contribution in [0.5, 0.6) is 5.75 Å². The number of urea groups is 1. The number of halogens is 4. The summed E-state index contributed by atoms with van der Waals surface area (Å²) < 4.78 is 58.2. The van der Waals surface area contributed by atoms with E-state index in [9.17, 15) is 22.4 Å². The molecule has 30 heavy (non-hydrogen) atoms. The second-order valence-electron chi connectivity index (χ2n) is 6.59. The van der Waals surface area contributed by atoms with Crippen molar-refractivity contribution >= 4 is 6.03 Å². The topological polar surface area (TPSA) is 91.9 Å². The van der Waals surface area contributed by atoms with Crippen molar-refractivity contribution in [3.8, 4) is 5.75 Å². The summed E-state index contributed by atoms with van der Waals surface area (Å²) in [4.78, 5) is 16.6. The average Bonchev–Trinajstić information content (AvgIpc) is 3.36. The first kappa shape index (κ1) is 19.7. The molecule has 4 rings (SSSR count). The van der Waals surface area contributed by atoms with E-state index >= 15 is 0 Å². The zero-order chi connectivity index (χ0) is 21.3. The second-order valence-corrected chi connectivity index (χ2v) is 6.59. The van der Waals surface area contributed by atoms with Gasteiger partial charge in [-0.05, 0) is 35.9 Å². The Bertz CT molecular complexity index is 1060. The fourth-order valence-corrected chi connectivity index (χ4v) is 3.19. The molecule has 0 fully saturated rings. The highest BCUT2D eigenvalue weighted by Gasteiger charge is 2.32. The van der Waals surface area contributed by atoms with E-state index in [0.717, 1.165) is 12.1 Å². The van der Waals surface area contributed by atoms with E-state index in [1.165, 1.54) is 36.7 Å². The van der Waals surface area contributed by atoms with Gasteiger partial charge in [-0.15, -0.1) is 0 Å². The van der Waals surface area contributed by atoms with Crippen molar-refractivity contribution in [3.05, 3.63) is 77.1 Å². The van der Waals surface area contributed by atoms with Gasteiger partial charge in [0.15, 0.2) is 5.82 Å². The molecule has 11 heteroatoms. The molecule has 1 aliphatic heterocycles. The summed E-state index contributed by atoms with van der Waals surface area (Å²) in [6.45, 7) is 0.0999. The van der Waals surface area contributed by atoms with Crippen molar-refractivity contribution in [2.24, 2.45) is 0 Å². The summed E-state index contributed by atoms with van der Waals surface area (Å²) in [5.41, 5.74) is -0.230. The zero-order valence-electron chi connectivity index (χ0n) is 15.2. The normalized spacial score (nSPS) is 16.5. The van der Waals surface area contributed by atoms with Crippen LogP contribution < -0.4 is 15.4 Å². The summed E-state index contributed by atoms with van der Waals surface area (Å²) in [6, 6.07) is 6.17. The Kier molecular flexibility index (Phi) is 5.02. The predicted octanol–water partition coefficient (Wildman–Crippen LogP) is 3.48. The molecule has 0 saturated carbocycles. The summed E-state index contributed by atoms with van der Waals surface area (Å²) in [5.74, 6) is 0.125.